The number of carbonyl (C=O) groups is 1. The number of hydrogen-bond donors (Lipinski definition) is 0. The molecule has 0 bridgehead atoms. The van der Waals surface area contributed by atoms with Crippen molar-refractivity contribution in [3.63, 3.8) is 0 Å². The molecule has 0 atom stereocenters. The molecule has 0 saturated heterocycles. The minimum absolute atomic E-state index is 0.0888. The SMILES string of the molecule is COc1ccc(/C=C/C(=O)c2cccc(OC(F)F)c2)cc1COc1cc(Cl)c(Cl)cc1Cl. The molecular formula is C24H17Cl3F2O4. The summed E-state index contributed by atoms with van der Waals surface area (Å²) in [5.74, 6) is 0.474. The van der Waals surface area contributed by atoms with Crippen molar-refractivity contribution in [3.05, 3.63) is 92.4 Å². The molecule has 0 aliphatic rings. The Morgan fingerprint density at radius 2 is 1.73 bits per heavy atom. The van der Waals surface area contributed by atoms with E-state index >= 15 is 0 Å². The van der Waals surface area contributed by atoms with Gasteiger partial charge in [0.05, 0.1) is 22.2 Å². The molecule has 0 heterocycles. The van der Waals surface area contributed by atoms with Crippen LogP contribution in [0.15, 0.2) is 60.7 Å². The van der Waals surface area contributed by atoms with Crippen LogP contribution in [0.1, 0.15) is 21.5 Å². The lowest BCUT2D eigenvalue weighted by molar-refractivity contribution is -0.0498. The number of carbonyl (C=O) groups excluding carboxylic acids is 1. The van der Waals surface area contributed by atoms with Crippen LogP contribution >= 0.6 is 34.8 Å². The number of allylic oxidation sites excluding steroid dienone is 1. The molecule has 9 heteroatoms. The molecule has 0 saturated carbocycles. The zero-order chi connectivity index (χ0) is 24.0. The molecule has 0 N–H and O–H groups in total. The molecule has 0 radical (unpaired) electrons. The Kier molecular flexibility index (Phi) is 8.55. The fourth-order valence-electron chi connectivity index (χ4n) is 2.88. The van der Waals surface area contributed by atoms with E-state index in [1.165, 1.54) is 49.6 Å². The van der Waals surface area contributed by atoms with Crippen molar-refractivity contribution in [2.75, 3.05) is 7.11 Å². The highest BCUT2D eigenvalue weighted by atomic mass is 35.5. The third kappa shape index (κ3) is 6.84. The summed E-state index contributed by atoms with van der Waals surface area (Å²) in [6.45, 7) is -2.85. The molecule has 33 heavy (non-hydrogen) atoms. The third-order valence-corrected chi connectivity index (χ3v) is 5.45. The molecule has 0 fully saturated rings. The highest BCUT2D eigenvalue weighted by Gasteiger charge is 2.11. The summed E-state index contributed by atoms with van der Waals surface area (Å²) in [7, 11) is 1.53. The third-order valence-electron chi connectivity index (χ3n) is 4.43. The number of rotatable bonds is 9. The maximum atomic E-state index is 12.5. The van der Waals surface area contributed by atoms with E-state index in [1.54, 1.807) is 24.3 Å². The van der Waals surface area contributed by atoms with Gasteiger partial charge < -0.3 is 14.2 Å². The molecule has 0 amide bonds. The smallest absolute Gasteiger partial charge is 0.387 e. The number of hydrogen-bond acceptors (Lipinski definition) is 4. The fourth-order valence-corrected chi connectivity index (χ4v) is 3.47. The minimum Gasteiger partial charge on any atom is -0.496 e. The van der Waals surface area contributed by atoms with Gasteiger partial charge in [-0.3, -0.25) is 4.79 Å². The van der Waals surface area contributed by atoms with Gasteiger partial charge in [0, 0.05) is 17.2 Å². The zero-order valence-electron chi connectivity index (χ0n) is 17.2. The van der Waals surface area contributed by atoms with Gasteiger partial charge >= 0.3 is 6.61 Å². The van der Waals surface area contributed by atoms with Gasteiger partial charge in [-0.05, 0) is 42.0 Å². The van der Waals surface area contributed by atoms with Crippen molar-refractivity contribution in [2.24, 2.45) is 0 Å². The Hall–Kier alpha value is -2.80. The maximum Gasteiger partial charge on any atom is 0.387 e. The molecule has 0 aliphatic heterocycles. The second-order valence-electron chi connectivity index (χ2n) is 6.66. The van der Waals surface area contributed by atoms with Gasteiger partial charge in [-0.2, -0.15) is 8.78 Å². The number of ether oxygens (including phenoxy) is 3. The molecule has 3 rings (SSSR count). The summed E-state index contributed by atoms with van der Waals surface area (Å²) in [4.78, 5) is 12.5. The van der Waals surface area contributed by atoms with Crippen LogP contribution in [-0.4, -0.2) is 19.5 Å². The molecular weight excluding hydrogens is 497 g/mol. The summed E-state index contributed by atoms with van der Waals surface area (Å²) in [6.07, 6.45) is 2.93. The Balaban J connectivity index is 1.76. The topological polar surface area (TPSA) is 44.8 Å². The molecule has 3 aromatic rings. The molecule has 0 aromatic heterocycles. The van der Waals surface area contributed by atoms with Crippen molar-refractivity contribution in [1.82, 2.24) is 0 Å². The van der Waals surface area contributed by atoms with Gasteiger partial charge in [0.2, 0.25) is 0 Å². The van der Waals surface area contributed by atoms with Gasteiger partial charge in [-0.25, -0.2) is 0 Å². The van der Waals surface area contributed by atoms with Crippen molar-refractivity contribution >= 4 is 46.7 Å². The summed E-state index contributed by atoms with van der Waals surface area (Å²) < 4.78 is 40.3. The number of benzene rings is 3. The molecule has 0 unspecified atom stereocenters. The van der Waals surface area contributed by atoms with E-state index in [9.17, 15) is 13.6 Å². The van der Waals surface area contributed by atoms with Crippen molar-refractivity contribution in [1.29, 1.82) is 0 Å². The van der Waals surface area contributed by atoms with Gasteiger partial charge in [0.15, 0.2) is 5.78 Å². The molecule has 0 aliphatic carbocycles. The molecule has 4 nitrogen and oxygen atoms in total. The van der Waals surface area contributed by atoms with Crippen molar-refractivity contribution < 1.29 is 27.8 Å². The second-order valence-corrected chi connectivity index (χ2v) is 7.88. The molecule has 0 spiro atoms. The number of alkyl halides is 2. The summed E-state index contributed by atoms with van der Waals surface area (Å²) in [5.41, 5.74) is 1.61. The Bertz CT molecular complexity index is 1180. The van der Waals surface area contributed by atoms with Crippen molar-refractivity contribution in [2.45, 2.75) is 13.2 Å². The van der Waals surface area contributed by atoms with E-state index in [2.05, 4.69) is 4.74 Å². The van der Waals surface area contributed by atoms with E-state index in [0.717, 1.165) is 0 Å². The number of halogens is 5. The van der Waals surface area contributed by atoms with Crippen LogP contribution in [0.2, 0.25) is 15.1 Å². The Labute approximate surface area is 204 Å². The van der Waals surface area contributed by atoms with Crippen molar-refractivity contribution in [3.8, 4) is 17.2 Å². The van der Waals surface area contributed by atoms with Crippen LogP contribution in [0.5, 0.6) is 17.2 Å². The standard InChI is InChI=1S/C24H17Cl3F2O4/c1-31-22-8-6-14(5-7-21(30)15-3-2-4-17(10-15)33-24(28)29)9-16(22)13-32-23-12-19(26)18(25)11-20(23)27/h2-12,24H,13H2,1H3/b7-5+. The quantitative estimate of drug-likeness (QED) is 0.167. The van der Waals surface area contributed by atoms with Gasteiger partial charge in [0.1, 0.15) is 23.9 Å². The van der Waals surface area contributed by atoms with E-state index in [4.69, 9.17) is 44.3 Å². The first-order chi connectivity index (χ1) is 15.8. The first-order valence-corrected chi connectivity index (χ1v) is 10.6. The van der Waals surface area contributed by atoms with E-state index in [1.807, 2.05) is 0 Å². The van der Waals surface area contributed by atoms with Gasteiger partial charge in [-0.1, -0.05) is 59.1 Å². The highest BCUT2D eigenvalue weighted by Crippen LogP contribution is 2.35. The lowest BCUT2D eigenvalue weighted by Crippen LogP contribution is -2.03. The van der Waals surface area contributed by atoms with E-state index in [-0.39, 0.29) is 23.7 Å². The average Bonchev–Trinajstić information content (AvgIpc) is 2.78. The fraction of sp³-hybridized carbons (Fsp3) is 0.125. The minimum atomic E-state index is -2.97. The van der Waals surface area contributed by atoms with Crippen LogP contribution in [0, 0.1) is 0 Å². The van der Waals surface area contributed by atoms with Gasteiger partial charge in [0.25, 0.3) is 0 Å². The Morgan fingerprint density at radius 3 is 2.45 bits per heavy atom. The summed E-state index contributed by atoms with van der Waals surface area (Å²) in [5, 5.41) is 0.930. The highest BCUT2D eigenvalue weighted by molar-refractivity contribution is 6.43. The van der Waals surface area contributed by atoms with Crippen LogP contribution in [0.4, 0.5) is 8.78 Å². The molecule has 3 aromatic carbocycles. The number of ketones is 1. The van der Waals surface area contributed by atoms with Crippen LogP contribution in [0.3, 0.4) is 0 Å². The monoisotopic (exact) mass is 512 g/mol. The second kappa shape index (κ2) is 11.4. The summed E-state index contributed by atoms with van der Waals surface area (Å²) in [6, 6.07) is 13.9. The number of methoxy groups -OCH3 is 1. The lowest BCUT2D eigenvalue weighted by Gasteiger charge is -2.13. The Morgan fingerprint density at radius 1 is 0.970 bits per heavy atom. The predicted molar refractivity (Wildman–Crippen MR) is 125 cm³/mol. The first kappa shape index (κ1) is 24.8. The maximum absolute atomic E-state index is 12.5. The van der Waals surface area contributed by atoms with E-state index < -0.39 is 6.61 Å². The van der Waals surface area contributed by atoms with Crippen LogP contribution < -0.4 is 14.2 Å². The molecule has 172 valence electrons. The normalized spacial score (nSPS) is 11.1. The lowest BCUT2D eigenvalue weighted by atomic mass is 10.1. The predicted octanol–water partition coefficient (Wildman–Crippen LogP) is 7.73. The van der Waals surface area contributed by atoms with Crippen LogP contribution in [0.25, 0.3) is 6.08 Å². The zero-order valence-corrected chi connectivity index (χ0v) is 19.4. The first-order valence-electron chi connectivity index (χ1n) is 9.48. The average molecular weight is 514 g/mol. The van der Waals surface area contributed by atoms with Gasteiger partial charge in [-0.15, -0.1) is 0 Å². The largest absolute Gasteiger partial charge is 0.496 e. The van der Waals surface area contributed by atoms with E-state index in [0.29, 0.717) is 37.7 Å². The van der Waals surface area contributed by atoms with Crippen LogP contribution in [-0.2, 0) is 6.61 Å². The summed E-state index contributed by atoms with van der Waals surface area (Å²) >= 11 is 18.1.